The van der Waals surface area contributed by atoms with Crippen molar-refractivity contribution in [2.45, 2.75) is 45.8 Å². The lowest BCUT2D eigenvalue weighted by molar-refractivity contribution is 0.0710. The normalized spacial score (nSPS) is 14.1. The second-order valence-electron chi connectivity index (χ2n) is 11.6. The number of nitrogens with zero attached hydrogens (tertiary/aromatic N) is 3. The summed E-state index contributed by atoms with van der Waals surface area (Å²) in [6.45, 7) is 11.7. The van der Waals surface area contributed by atoms with Crippen LogP contribution in [0.15, 0.2) is 95.4 Å². The second kappa shape index (κ2) is 12.3. The maximum absolute atomic E-state index is 13.3. The van der Waals surface area contributed by atoms with Gasteiger partial charge in [-0.1, -0.05) is 93.0 Å². The predicted molar refractivity (Wildman–Crippen MR) is 163 cm³/mol. The van der Waals surface area contributed by atoms with Gasteiger partial charge in [-0.25, -0.2) is 0 Å². The van der Waals surface area contributed by atoms with Gasteiger partial charge >= 0.3 is 0 Å². The number of carbonyl (C=O) groups excluding carboxylic acids is 1. The van der Waals surface area contributed by atoms with Crippen molar-refractivity contribution in [2.24, 2.45) is 0 Å². The first-order valence-corrected chi connectivity index (χ1v) is 14.4. The molecule has 1 aromatic heterocycles. The van der Waals surface area contributed by atoms with Crippen molar-refractivity contribution in [3.63, 3.8) is 0 Å². The highest BCUT2D eigenvalue weighted by Crippen LogP contribution is 2.24. The standard InChI is InChI=1S/C34H38ClN3O2/c1-34(2,3)28-14-12-27(13-15-28)24-36(23-26-8-5-4-6-9-26)25-31-16-17-32(40-31)33(39)38-20-18-37(19-21-38)30-11-7-10-29(35)22-30/h4-17,22H,18-21,23-25H2,1-3H3. The zero-order valence-electron chi connectivity index (χ0n) is 23.6. The lowest BCUT2D eigenvalue weighted by Gasteiger charge is -2.35. The van der Waals surface area contributed by atoms with Crippen molar-refractivity contribution >= 4 is 23.2 Å². The number of hydrogen-bond donors (Lipinski definition) is 0. The molecule has 0 aliphatic carbocycles. The van der Waals surface area contributed by atoms with E-state index in [1.807, 2.05) is 41.3 Å². The summed E-state index contributed by atoms with van der Waals surface area (Å²) < 4.78 is 6.13. The predicted octanol–water partition coefficient (Wildman–Crippen LogP) is 7.40. The van der Waals surface area contributed by atoms with Crippen LogP contribution in [-0.4, -0.2) is 41.9 Å². The molecule has 1 aliphatic rings. The van der Waals surface area contributed by atoms with Crippen LogP contribution in [-0.2, 0) is 25.0 Å². The highest BCUT2D eigenvalue weighted by molar-refractivity contribution is 6.30. The van der Waals surface area contributed by atoms with E-state index in [1.165, 1.54) is 16.7 Å². The molecule has 40 heavy (non-hydrogen) atoms. The molecule has 4 aromatic rings. The summed E-state index contributed by atoms with van der Waals surface area (Å²) in [7, 11) is 0. The molecule has 0 radical (unpaired) electrons. The minimum absolute atomic E-state index is 0.0515. The van der Waals surface area contributed by atoms with Crippen LogP contribution in [0.2, 0.25) is 5.02 Å². The van der Waals surface area contributed by atoms with Crippen LogP contribution in [0.5, 0.6) is 0 Å². The van der Waals surface area contributed by atoms with E-state index >= 15 is 0 Å². The van der Waals surface area contributed by atoms with Crippen LogP contribution in [0, 0.1) is 0 Å². The number of hydrogen-bond acceptors (Lipinski definition) is 4. The first-order chi connectivity index (χ1) is 19.2. The molecule has 0 bridgehead atoms. The van der Waals surface area contributed by atoms with Gasteiger partial charge in [-0.3, -0.25) is 9.69 Å². The van der Waals surface area contributed by atoms with Gasteiger partial charge in [-0.2, -0.15) is 0 Å². The summed E-state index contributed by atoms with van der Waals surface area (Å²) in [6, 6.07) is 31.0. The molecule has 6 heteroatoms. The third-order valence-corrected chi connectivity index (χ3v) is 7.70. The monoisotopic (exact) mass is 555 g/mol. The summed E-state index contributed by atoms with van der Waals surface area (Å²) in [5.74, 6) is 1.15. The molecule has 1 aliphatic heterocycles. The number of rotatable bonds is 8. The van der Waals surface area contributed by atoms with Gasteiger partial charge in [-0.05, 0) is 52.4 Å². The van der Waals surface area contributed by atoms with Gasteiger partial charge in [-0.15, -0.1) is 0 Å². The van der Waals surface area contributed by atoms with E-state index in [0.29, 0.717) is 25.4 Å². The lowest BCUT2D eigenvalue weighted by Crippen LogP contribution is -2.48. The highest BCUT2D eigenvalue weighted by atomic mass is 35.5. The average Bonchev–Trinajstić information content (AvgIpc) is 3.41. The zero-order chi connectivity index (χ0) is 28.1. The SMILES string of the molecule is CC(C)(C)c1ccc(CN(Cc2ccccc2)Cc2ccc(C(=O)N3CCN(c4cccc(Cl)c4)CC3)o2)cc1. The van der Waals surface area contributed by atoms with E-state index in [2.05, 4.69) is 85.2 Å². The molecular weight excluding hydrogens is 518 g/mol. The molecular formula is C34H38ClN3O2. The summed E-state index contributed by atoms with van der Waals surface area (Å²) in [4.78, 5) is 19.8. The minimum Gasteiger partial charge on any atom is -0.455 e. The van der Waals surface area contributed by atoms with Crippen molar-refractivity contribution in [1.29, 1.82) is 0 Å². The molecule has 1 saturated heterocycles. The Balaban J connectivity index is 1.24. The van der Waals surface area contributed by atoms with Crippen LogP contribution < -0.4 is 4.90 Å². The number of amides is 1. The van der Waals surface area contributed by atoms with E-state index < -0.39 is 0 Å². The van der Waals surface area contributed by atoms with Crippen molar-refractivity contribution in [2.75, 3.05) is 31.1 Å². The molecule has 1 amide bonds. The number of benzene rings is 3. The van der Waals surface area contributed by atoms with Crippen molar-refractivity contribution in [3.8, 4) is 0 Å². The number of carbonyl (C=O) groups is 1. The first kappa shape index (κ1) is 28.0. The summed E-state index contributed by atoms with van der Waals surface area (Å²) in [6.07, 6.45) is 0. The van der Waals surface area contributed by atoms with E-state index in [4.69, 9.17) is 16.0 Å². The Morgan fingerprint density at radius 2 is 1.48 bits per heavy atom. The van der Waals surface area contributed by atoms with Crippen LogP contribution in [0.4, 0.5) is 5.69 Å². The quantitative estimate of drug-likeness (QED) is 0.227. The molecule has 5 nitrogen and oxygen atoms in total. The van der Waals surface area contributed by atoms with E-state index in [0.717, 1.165) is 42.6 Å². The van der Waals surface area contributed by atoms with Crippen LogP contribution >= 0.6 is 11.6 Å². The van der Waals surface area contributed by atoms with Gasteiger partial charge in [0.05, 0.1) is 6.54 Å². The fourth-order valence-electron chi connectivity index (χ4n) is 5.17. The number of piperazine rings is 1. The Kier molecular flexibility index (Phi) is 8.63. The number of anilines is 1. The summed E-state index contributed by atoms with van der Waals surface area (Å²) in [5, 5.41) is 0.724. The van der Waals surface area contributed by atoms with Crippen molar-refractivity contribution in [3.05, 3.63) is 124 Å². The fourth-order valence-corrected chi connectivity index (χ4v) is 5.36. The van der Waals surface area contributed by atoms with E-state index in [-0.39, 0.29) is 11.3 Å². The van der Waals surface area contributed by atoms with Gasteiger partial charge in [0.15, 0.2) is 5.76 Å². The lowest BCUT2D eigenvalue weighted by atomic mass is 9.87. The van der Waals surface area contributed by atoms with Crippen LogP contribution in [0.25, 0.3) is 0 Å². The highest BCUT2D eigenvalue weighted by Gasteiger charge is 2.25. The molecule has 208 valence electrons. The Morgan fingerprint density at radius 1 is 0.800 bits per heavy atom. The Labute approximate surface area is 243 Å². The fraction of sp³-hybridized carbons (Fsp3) is 0.324. The van der Waals surface area contributed by atoms with Gasteiger partial charge in [0.25, 0.3) is 5.91 Å². The van der Waals surface area contributed by atoms with Crippen molar-refractivity contribution < 1.29 is 9.21 Å². The maximum atomic E-state index is 13.3. The third-order valence-electron chi connectivity index (χ3n) is 7.47. The van der Waals surface area contributed by atoms with Crippen LogP contribution in [0.1, 0.15) is 53.8 Å². The van der Waals surface area contributed by atoms with Gasteiger partial charge in [0.2, 0.25) is 0 Å². The molecule has 2 heterocycles. The number of furan rings is 1. The van der Waals surface area contributed by atoms with Gasteiger partial charge < -0.3 is 14.2 Å². The molecule has 1 fully saturated rings. The zero-order valence-corrected chi connectivity index (χ0v) is 24.4. The Hall–Kier alpha value is -3.54. The smallest absolute Gasteiger partial charge is 0.289 e. The molecule has 0 N–H and O–H groups in total. The third kappa shape index (κ3) is 7.15. The Morgan fingerprint density at radius 3 is 2.12 bits per heavy atom. The largest absolute Gasteiger partial charge is 0.455 e. The maximum Gasteiger partial charge on any atom is 0.289 e. The van der Waals surface area contributed by atoms with Crippen molar-refractivity contribution in [1.82, 2.24) is 9.80 Å². The molecule has 0 spiro atoms. The first-order valence-electron chi connectivity index (χ1n) is 14.0. The summed E-state index contributed by atoms with van der Waals surface area (Å²) in [5.41, 5.74) is 5.04. The summed E-state index contributed by atoms with van der Waals surface area (Å²) >= 11 is 6.17. The molecule has 0 saturated carbocycles. The molecule has 3 aromatic carbocycles. The average molecular weight is 556 g/mol. The van der Waals surface area contributed by atoms with Crippen LogP contribution in [0.3, 0.4) is 0 Å². The molecule has 0 unspecified atom stereocenters. The molecule has 5 rings (SSSR count). The molecule has 0 atom stereocenters. The van der Waals surface area contributed by atoms with Gasteiger partial charge in [0.1, 0.15) is 5.76 Å². The van der Waals surface area contributed by atoms with E-state index in [9.17, 15) is 4.79 Å². The minimum atomic E-state index is -0.0515. The topological polar surface area (TPSA) is 39.9 Å². The Bertz CT molecular complexity index is 1400. The second-order valence-corrected chi connectivity index (χ2v) is 12.0. The number of halogens is 1. The van der Waals surface area contributed by atoms with E-state index in [1.54, 1.807) is 0 Å². The van der Waals surface area contributed by atoms with Gasteiger partial charge in [0, 0.05) is 50.0 Å².